The first-order valence-electron chi connectivity index (χ1n) is 9.73. The quantitative estimate of drug-likeness (QED) is 0.719. The van der Waals surface area contributed by atoms with E-state index >= 15 is 0 Å². The SMILES string of the molecule is Cc1ccccc1C(=O)NCC(=O)OCC(=O)N[C@H](C)[C@H]1C[C@H]2CC[C@H]1C2. The van der Waals surface area contributed by atoms with Crippen molar-refractivity contribution in [3.8, 4) is 0 Å². The highest BCUT2D eigenvalue weighted by Gasteiger charge is 2.42. The maximum Gasteiger partial charge on any atom is 0.325 e. The van der Waals surface area contributed by atoms with E-state index in [1.54, 1.807) is 12.1 Å². The number of ether oxygens (including phenoxy) is 1. The van der Waals surface area contributed by atoms with E-state index in [9.17, 15) is 14.4 Å². The van der Waals surface area contributed by atoms with Crippen molar-refractivity contribution in [1.82, 2.24) is 10.6 Å². The Morgan fingerprint density at radius 1 is 1.19 bits per heavy atom. The summed E-state index contributed by atoms with van der Waals surface area (Å²) in [6, 6.07) is 7.24. The second-order valence-electron chi connectivity index (χ2n) is 7.85. The lowest BCUT2D eigenvalue weighted by molar-refractivity contribution is -0.147. The molecule has 0 unspecified atom stereocenters. The number of hydrogen-bond acceptors (Lipinski definition) is 4. The average Bonchev–Trinajstić information content (AvgIpc) is 3.28. The third kappa shape index (κ3) is 4.87. The van der Waals surface area contributed by atoms with Gasteiger partial charge >= 0.3 is 5.97 Å². The van der Waals surface area contributed by atoms with Crippen molar-refractivity contribution in [1.29, 1.82) is 0 Å². The van der Waals surface area contributed by atoms with Crippen molar-refractivity contribution in [2.75, 3.05) is 13.2 Å². The molecule has 6 heteroatoms. The van der Waals surface area contributed by atoms with Crippen molar-refractivity contribution in [3.63, 3.8) is 0 Å². The summed E-state index contributed by atoms with van der Waals surface area (Å²) in [6.07, 6.45) is 5.08. The molecule has 27 heavy (non-hydrogen) atoms. The highest BCUT2D eigenvalue weighted by molar-refractivity contribution is 5.97. The Morgan fingerprint density at radius 3 is 2.63 bits per heavy atom. The van der Waals surface area contributed by atoms with E-state index < -0.39 is 5.97 Å². The summed E-state index contributed by atoms with van der Waals surface area (Å²) in [4.78, 5) is 35.9. The largest absolute Gasteiger partial charge is 0.454 e. The molecule has 1 aromatic carbocycles. The summed E-state index contributed by atoms with van der Waals surface area (Å²) in [7, 11) is 0. The molecule has 0 radical (unpaired) electrons. The summed E-state index contributed by atoms with van der Waals surface area (Å²) in [5.74, 6) is 0.846. The summed E-state index contributed by atoms with van der Waals surface area (Å²) >= 11 is 0. The first-order valence-corrected chi connectivity index (χ1v) is 9.73. The second kappa shape index (κ2) is 8.55. The molecule has 2 fully saturated rings. The fourth-order valence-electron chi connectivity index (χ4n) is 4.58. The van der Waals surface area contributed by atoms with Crippen molar-refractivity contribution in [2.45, 2.75) is 45.6 Å². The Hall–Kier alpha value is -2.37. The van der Waals surface area contributed by atoms with Gasteiger partial charge in [-0.25, -0.2) is 0 Å². The summed E-state index contributed by atoms with van der Waals surface area (Å²) < 4.78 is 4.98. The molecule has 2 N–H and O–H groups in total. The molecule has 0 spiro atoms. The highest BCUT2D eigenvalue weighted by Crippen LogP contribution is 2.49. The number of esters is 1. The third-order valence-corrected chi connectivity index (χ3v) is 5.97. The number of hydrogen-bond donors (Lipinski definition) is 2. The molecular weight excluding hydrogens is 344 g/mol. The lowest BCUT2D eigenvalue weighted by atomic mass is 9.84. The van der Waals surface area contributed by atoms with E-state index in [-0.39, 0.29) is 31.0 Å². The Balaban J connectivity index is 1.35. The minimum absolute atomic E-state index is 0.104. The van der Waals surface area contributed by atoms with Crippen LogP contribution in [0.1, 0.15) is 48.5 Å². The zero-order chi connectivity index (χ0) is 19.4. The average molecular weight is 372 g/mol. The Kier molecular flexibility index (Phi) is 6.14. The third-order valence-electron chi connectivity index (χ3n) is 5.97. The van der Waals surface area contributed by atoms with Crippen molar-refractivity contribution >= 4 is 17.8 Å². The molecule has 0 saturated heterocycles. The highest BCUT2D eigenvalue weighted by atomic mass is 16.5. The number of aryl methyl sites for hydroxylation is 1. The maximum absolute atomic E-state index is 12.1. The van der Waals surface area contributed by atoms with Gasteiger partial charge in [0.1, 0.15) is 6.54 Å². The van der Waals surface area contributed by atoms with Crippen LogP contribution in [0.5, 0.6) is 0 Å². The zero-order valence-corrected chi connectivity index (χ0v) is 16.0. The fourth-order valence-corrected chi connectivity index (χ4v) is 4.58. The van der Waals surface area contributed by atoms with Crippen molar-refractivity contribution in [3.05, 3.63) is 35.4 Å². The van der Waals surface area contributed by atoms with E-state index in [0.29, 0.717) is 11.5 Å². The molecule has 2 bridgehead atoms. The van der Waals surface area contributed by atoms with Gasteiger partial charge in [-0.1, -0.05) is 24.6 Å². The van der Waals surface area contributed by atoms with Gasteiger partial charge in [-0.15, -0.1) is 0 Å². The molecule has 0 aliphatic heterocycles. The van der Waals surface area contributed by atoms with Crippen LogP contribution >= 0.6 is 0 Å². The molecule has 0 aromatic heterocycles. The molecular formula is C21H28N2O4. The van der Waals surface area contributed by atoms with Gasteiger partial charge in [0.2, 0.25) is 0 Å². The molecule has 2 saturated carbocycles. The zero-order valence-electron chi connectivity index (χ0n) is 16.0. The topological polar surface area (TPSA) is 84.5 Å². The van der Waals surface area contributed by atoms with Crippen LogP contribution in [0.15, 0.2) is 24.3 Å². The van der Waals surface area contributed by atoms with Gasteiger partial charge in [-0.05, 0) is 62.5 Å². The number of amides is 2. The van der Waals surface area contributed by atoms with E-state index in [0.717, 1.165) is 17.4 Å². The van der Waals surface area contributed by atoms with Crippen molar-refractivity contribution < 1.29 is 19.1 Å². The van der Waals surface area contributed by atoms with Crippen LogP contribution in [0, 0.1) is 24.7 Å². The molecule has 2 amide bonds. The Morgan fingerprint density at radius 2 is 1.96 bits per heavy atom. The molecule has 2 aliphatic carbocycles. The van der Waals surface area contributed by atoms with Gasteiger partial charge in [-0.3, -0.25) is 14.4 Å². The van der Waals surface area contributed by atoms with Crippen LogP contribution in [0.3, 0.4) is 0 Å². The van der Waals surface area contributed by atoms with Crippen LogP contribution in [-0.2, 0) is 14.3 Å². The normalized spacial score (nSPS) is 24.3. The number of carbonyl (C=O) groups excluding carboxylic acids is 3. The van der Waals surface area contributed by atoms with Gasteiger partial charge in [0.25, 0.3) is 11.8 Å². The van der Waals surface area contributed by atoms with E-state index in [2.05, 4.69) is 10.6 Å². The predicted octanol–water partition coefficient (Wildman–Crippen LogP) is 2.21. The Bertz CT molecular complexity index is 718. The van der Waals surface area contributed by atoms with Crippen LogP contribution in [0.2, 0.25) is 0 Å². The van der Waals surface area contributed by atoms with Gasteiger partial charge in [0.15, 0.2) is 6.61 Å². The summed E-state index contributed by atoms with van der Waals surface area (Å²) in [6.45, 7) is 3.29. The molecule has 1 aromatic rings. The van der Waals surface area contributed by atoms with Gasteiger partial charge in [-0.2, -0.15) is 0 Å². The molecule has 3 rings (SSSR count). The summed E-state index contributed by atoms with van der Waals surface area (Å²) in [5, 5.41) is 5.48. The Labute approximate surface area is 160 Å². The number of fused-ring (bicyclic) bond motifs is 2. The van der Waals surface area contributed by atoms with Gasteiger partial charge in [0, 0.05) is 11.6 Å². The first-order chi connectivity index (χ1) is 12.9. The number of rotatable bonds is 7. The number of carbonyl (C=O) groups is 3. The minimum Gasteiger partial charge on any atom is -0.454 e. The lowest BCUT2D eigenvalue weighted by Crippen LogP contribution is -2.42. The van der Waals surface area contributed by atoms with E-state index in [1.807, 2.05) is 26.0 Å². The van der Waals surface area contributed by atoms with Gasteiger partial charge < -0.3 is 15.4 Å². The first kappa shape index (κ1) is 19.4. The number of benzene rings is 1. The predicted molar refractivity (Wildman–Crippen MR) is 101 cm³/mol. The summed E-state index contributed by atoms with van der Waals surface area (Å²) in [5.41, 5.74) is 1.35. The van der Waals surface area contributed by atoms with E-state index in [1.165, 1.54) is 25.7 Å². The lowest BCUT2D eigenvalue weighted by Gasteiger charge is -2.28. The van der Waals surface area contributed by atoms with Crippen LogP contribution in [-0.4, -0.2) is 37.0 Å². The van der Waals surface area contributed by atoms with Crippen LogP contribution in [0.25, 0.3) is 0 Å². The molecule has 146 valence electrons. The second-order valence-corrected chi connectivity index (χ2v) is 7.85. The fraction of sp³-hybridized carbons (Fsp3) is 0.571. The maximum atomic E-state index is 12.1. The molecule has 2 aliphatic rings. The minimum atomic E-state index is -0.625. The number of nitrogens with one attached hydrogen (secondary N) is 2. The smallest absolute Gasteiger partial charge is 0.325 e. The molecule has 4 atom stereocenters. The monoisotopic (exact) mass is 372 g/mol. The molecule has 6 nitrogen and oxygen atoms in total. The van der Waals surface area contributed by atoms with Crippen LogP contribution in [0.4, 0.5) is 0 Å². The van der Waals surface area contributed by atoms with Crippen LogP contribution < -0.4 is 10.6 Å². The molecule has 0 heterocycles. The van der Waals surface area contributed by atoms with Gasteiger partial charge in [0.05, 0.1) is 0 Å². The standard InChI is InChI=1S/C21H28N2O4/c1-13-5-3-4-6-17(13)21(26)22-11-20(25)27-12-19(24)23-14(2)18-10-15-7-8-16(18)9-15/h3-6,14-16,18H,7-12H2,1-2H3,(H,22,26)(H,23,24)/t14-,15+,16+,18-/m1/s1. The van der Waals surface area contributed by atoms with E-state index in [4.69, 9.17) is 4.74 Å². The van der Waals surface area contributed by atoms with Crippen molar-refractivity contribution in [2.24, 2.45) is 17.8 Å².